The van der Waals surface area contributed by atoms with Crippen molar-refractivity contribution in [3.05, 3.63) is 100 Å². The van der Waals surface area contributed by atoms with Crippen molar-refractivity contribution in [3.8, 4) is 11.4 Å². The number of carbonyl (C=O) groups is 1. The maximum Gasteiger partial charge on any atom is 0.311 e. The Kier molecular flexibility index (Phi) is 11.0. The van der Waals surface area contributed by atoms with E-state index < -0.39 is 49.2 Å². The number of sulfonamides is 1. The highest BCUT2D eigenvalue weighted by atomic mass is 35.5. The normalized spacial score (nSPS) is 15.4. The smallest absolute Gasteiger partial charge is 0.311 e. The molecule has 1 aliphatic heterocycles. The summed E-state index contributed by atoms with van der Waals surface area (Å²) >= 11 is 7.31. The second-order valence-corrected chi connectivity index (χ2v) is 16.4. The Morgan fingerprint density at radius 1 is 1.06 bits per heavy atom. The van der Waals surface area contributed by atoms with Crippen molar-refractivity contribution < 1.29 is 36.2 Å². The first-order valence-electron chi connectivity index (χ1n) is 15.7. The molecule has 1 N–H and O–H groups in total. The van der Waals surface area contributed by atoms with Gasteiger partial charge in [-0.05, 0) is 81.0 Å². The molecule has 0 radical (unpaired) electrons. The molecule has 50 heavy (non-hydrogen) atoms. The lowest BCUT2D eigenvalue weighted by Gasteiger charge is -2.39. The largest absolute Gasteiger partial charge is 0.495 e. The fourth-order valence-electron chi connectivity index (χ4n) is 6.27. The second-order valence-electron chi connectivity index (χ2n) is 13.1. The Morgan fingerprint density at radius 2 is 1.68 bits per heavy atom. The van der Waals surface area contributed by atoms with Crippen LogP contribution in [0.2, 0.25) is 5.02 Å². The van der Waals surface area contributed by atoms with Crippen LogP contribution in [0.15, 0.2) is 70.8 Å². The number of carboxylic acid groups (broad SMARTS) is 1. The van der Waals surface area contributed by atoms with E-state index >= 15 is 8.78 Å². The number of imidazole rings is 1. The van der Waals surface area contributed by atoms with Crippen LogP contribution < -0.4 is 4.74 Å². The summed E-state index contributed by atoms with van der Waals surface area (Å²) in [5.74, 6) is -3.30. The Hall–Kier alpha value is -3.56. The van der Waals surface area contributed by atoms with E-state index in [9.17, 15) is 22.7 Å². The molecular formula is C35H38ClF3N4O5S2. The molecule has 1 saturated heterocycles. The van der Waals surface area contributed by atoms with E-state index in [0.717, 1.165) is 33.8 Å². The molecule has 0 saturated carbocycles. The molecule has 0 spiro atoms. The number of methoxy groups -OCH3 is 1. The number of benzene rings is 3. The van der Waals surface area contributed by atoms with Crippen molar-refractivity contribution in [2.24, 2.45) is 5.41 Å². The number of aliphatic carboxylic acids is 1. The van der Waals surface area contributed by atoms with Crippen LogP contribution in [0.5, 0.6) is 5.75 Å². The molecule has 9 nitrogen and oxygen atoms in total. The number of piperidine rings is 1. The fourth-order valence-corrected chi connectivity index (χ4v) is 8.94. The van der Waals surface area contributed by atoms with Crippen molar-refractivity contribution in [2.45, 2.75) is 47.9 Å². The molecule has 2 heterocycles. The van der Waals surface area contributed by atoms with E-state index in [4.69, 9.17) is 16.3 Å². The molecule has 0 atom stereocenters. The van der Waals surface area contributed by atoms with Gasteiger partial charge in [-0.3, -0.25) is 9.36 Å². The number of rotatable bonds is 12. The minimum Gasteiger partial charge on any atom is -0.495 e. The fraction of sp³-hybridized carbons (Fsp3) is 0.371. The lowest BCUT2D eigenvalue weighted by Crippen LogP contribution is -2.50. The molecular weight excluding hydrogens is 713 g/mol. The van der Waals surface area contributed by atoms with Crippen molar-refractivity contribution >= 4 is 39.4 Å². The first-order valence-corrected chi connectivity index (χ1v) is 18.5. The van der Waals surface area contributed by atoms with Crippen LogP contribution in [0.4, 0.5) is 13.2 Å². The SMILES string of the molecule is COc1cc(C(C)(C)c2cnc(SCc3c(F)cc(S(=O)(=O)N4CCC(CN(C)C)(C(=O)O)CC4)cc3F)n2-c2ccc(F)cc2)ccc1Cl. The highest BCUT2D eigenvalue weighted by molar-refractivity contribution is 7.98. The minimum atomic E-state index is -4.31. The average Bonchev–Trinajstić information content (AvgIpc) is 3.49. The Morgan fingerprint density at radius 3 is 2.24 bits per heavy atom. The average molecular weight is 751 g/mol. The maximum absolute atomic E-state index is 15.6. The van der Waals surface area contributed by atoms with Crippen molar-refractivity contribution in [1.82, 2.24) is 18.8 Å². The number of thioether (sulfide) groups is 1. The second kappa shape index (κ2) is 14.6. The van der Waals surface area contributed by atoms with Gasteiger partial charge in [0.2, 0.25) is 10.0 Å². The number of hydrogen-bond acceptors (Lipinski definition) is 7. The number of nitrogens with zero attached hydrogens (tertiary/aromatic N) is 4. The number of ether oxygens (including phenoxy) is 1. The zero-order valence-corrected chi connectivity index (χ0v) is 30.6. The first kappa shape index (κ1) is 37.7. The lowest BCUT2D eigenvalue weighted by molar-refractivity contribution is -0.152. The van der Waals surface area contributed by atoms with Gasteiger partial charge in [0.1, 0.15) is 23.2 Å². The molecule has 1 aliphatic rings. The van der Waals surface area contributed by atoms with Gasteiger partial charge < -0.3 is 14.7 Å². The van der Waals surface area contributed by atoms with Gasteiger partial charge in [-0.1, -0.05) is 43.3 Å². The van der Waals surface area contributed by atoms with Gasteiger partial charge in [0.15, 0.2) is 5.16 Å². The highest BCUT2D eigenvalue weighted by Crippen LogP contribution is 2.40. The van der Waals surface area contributed by atoms with Gasteiger partial charge >= 0.3 is 5.97 Å². The zero-order chi connectivity index (χ0) is 36.6. The third-order valence-corrected chi connectivity index (χ3v) is 12.3. The number of hydrogen-bond donors (Lipinski definition) is 1. The Balaban J connectivity index is 1.42. The molecule has 0 amide bonds. The molecule has 0 aliphatic carbocycles. The van der Waals surface area contributed by atoms with Crippen LogP contribution in [0.3, 0.4) is 0 Å². The third-order valence-electron chi connectivity index (χ3n) is 9.18. The van der Waals surface area contributed by atoms with Crippen LogP contribution in [0, 0.1) is 22.9 Å². The molecule has 1 fully saturated rings. The van der Waals surface area contributed by atoms with Crippen LogP contribution in [0.1, 0.15) is 43.5 Å². The van der Waals surface area contributed by atoms with Crippen molar-refractivity contribution in [1.29, 1.82) is 0 Å². The van der Waals surface area contributed by atoms with E-state index in [1.54, 1.807) is 48.0 Å². The van der Waals surface area contributed by atoms with E-state index in [-0.39, 0.29) is 43.8 Å². The topological polar surface area (TPSA) is 105 Å². The maximum atomic E-state index is 15.6. The lowest BCUT2D eigenvalue weighted by atomic mass is 9.78. The predicted molar refractivity (Wildman–Crippen MR) is 186 cm³/mol. The summed E-state index contributed by atoms with van der Waals surface area (Å²) in [5.41, 5.74) is -0.0684. The molecule has 4 aromatic rings. The molecule has 3 aromatic carbocycles. The predicted octanol–water partition coefficient (Wildman–Crippen LogP) is 6.99. The van der Waals surface area contributed by atoms with Gasteiger partial charge in [-0.2, -0.15) is 4.31 Å². The van der Waals surface area contributed by atoms with Crippen LogP contribution >= 0.6 is 23.4 Å². The van der Waals surface area contributed by atoms with Crippen LogP contribution in [-0.4, -0.2) is 79.1 Å². The summed E-state index contributed by atoms with van der Waals surface area (Å²) in [7, 11) is 0.690. The summed E-state index contributed by atoms with van der Waals surface area (Å²) in [5, 5.41) is 10.7. The van der Waals surface area contributed by atoms with Crippen molar-refractivity contribution in [3.63, 3.8) is 0 Å². The number of aromatic nitrogens is 2. The molecule has 15 heteroatoms. The standard InChI is InChI=1S/C35H38ClF3N4O5S2/c1-34(2,22-6-11-27(36)30(16-22)48-5)31-19-40-33(43(31)24-9-7-23(37)8-10-24)49-20-26-28(38)17-25(18-29(26)39)50(46,47)42-14-12-35(13-15-42,32(44)45)21-41(3)4/h6-11,16-19H,12-15,20-21H2,1-5H3,(H,44,45). The number of halogens is 4. The Bertz CT molecular complexity index is 1970. The molecule has 5 rings (SSSR count). The Labute approximate surface area is 299 Å². The van der Waals surface area contributed by atoms with Gasteiger partial charge in [0, 0.05) is 42.1 Å². The van der Waals surface area contributed by atoms with E-state index in [2.05, 4.69) is 4.98 Å². The molecule has 1 aromatic heterocycles. The molecule has 0 unspecified atom stereocenters. The van der Waals surface area contributed by atoms with Crippen LogP contribution in [0.25, 0.3) is 5.69 Å². The summed E-state index contributed by atoms with van der Waals surface area (Å²) in [6.45, 7) is 3.96. The van der Waals surface area contributed by atoms with Gasteiger partial charge in [0.25, 0.3) is 0 Å². The number of carboxylic acids is 1. The van der Waals surface area contributed by atoms with E-state index in [1.165, 1.54) is 19.2 Å². The van der Waals surface area contributed by atoms with Gasteiger partial charge in [-0.15, -0.1) is 0 Å². The van der Waals surface area contributed by atoms with Gasteiger partial charge in [0.05, 0.1) is 34.3 Å². The quantitative estimate of drug-likeness (QED) is 0.155. The first-order chi connectivity index (χ1) is 23.5. The minimum absolute atomic E-state index is 0.0600. The van der Waals surface area contributed by atoms with E-state index in [1.807, 2.05) is 26.0 Å². The summed E-state index contributed by atoms with van der Waals surface area (Å²) < 4.78 is 80.3. The van der Waals surface area contributed by atoms with E-state index in [0.29, 0.717) is 27.3 Å². The summed E-state index contributed by atoms with van der Waals surface area (Å²) in [4.78, 5) is 17.8. The zero-order valence-electron chi connectivity index (χ0n) is 28.2. The van der Waals surface area contributed by atoms with Gasteiger partial charge in [-0.25, -0.2) is 26.6 Å². The van der Waals surface area contributed by atoms with Crippen LogP contribution in [-0.2, 0) is 26.0 Å². The molecule has 0 bridgehead atoms. The monoisotopic (exact) mass is 750 g/mol. The summed E-state index contributed by atoms with van der Waals surface area (Å²) in [6.07, 6.45) is 1.76. The molecule has 268 valence electrons. The highest BCUT2D eigenvalue weighted by Gasteiger charge is 2.44. The summed E-state index contributed by atoms with van der Waals surface area (Å²) in [6, 6.07) is 12.7. The van der Waals surface area contributed by atoms with Crippen molar-refractivity contribution in [2.75, 3.05) is 40.8 Å². The third kappa shape index (κ3) is 7.40.